The summed E-state index contributed by atoms with van der Waals surface area (Å²) in [5, 5.41) is 9.65. The minimum absolute atomic E-state index is 0.102. The van der Waals surface area contributed by atoms with Crippen LogP contribution in [0.4, 0.5) is 0 Å². The number of nitrogens with one attached hydrogen (secondary N) is 3. The summed E-state index contributed by atoms with van der Waals surface area (Å²) in [6.07, 6.45) is 5.73. The van der Waals surface area contributed by atoms with Gasteiger partial charge < -0.3 is 15.5 Å². The topological polar surface area (TPSA) is 90.5 Å². The molecule has 3 amide bonds. The molecule has 0 spiro atoms. The van der Waals surface area contributed by atoms with Gasteiger partial charge in [-0.3, -0.25) is 19.7 Å². The lowest BCUT2D eigenvalue weighted by Gasteiger charge is -2.40. The Balaban J connectivity index is 1.25. The van der Waals surface area contributed by atoms with Crippen LogP contribution >= 0.6 is 0 Å². The van der Waals surface area contributed by atoms with E-state index in [0.717, 1.165) is 42.6 Å². The number of benzene rings is 1. The second kappa shape index (κ2) is 8.12. The molecular formula is C23H30N4O3. The largest absolute Gasteiger partial charge is 0.322 e. The molecule has 5 rings (SSSR count). The predicted molar refractivity (Wildman–Crippen MR) is 111 cm³/mol. The molecule has 160 valence electrons. The van der Waals surface area contributed by atoms with Crippen LogP contribution in [0, 0.1) is 11.8 Å². The average molecular weight is 411 g/mol. The third-order valence-electron chi connectivity index (χ3n) is 7.50. The van der Waals surface area contributed by atoms with Crippen LogP contribution in [0.1, 0.15) is 60.0 Å². The van der Waals surface area contributed by atoms with Crippen LogP contribution in [0.2, 0.25) is 0 Å². The lowest BCUT2D eigenvalue weighted by atomic mass is 9.73. The molecule has 0 aromatic heterocycles. The van der Waals surface area contributed by atoms with Gasteiger partial charge in [-0.1, -0.05) is 12.1 Å². The number of nitrogens with zero attached hydrogens (tertiary/aromatic N) is 1. The van der Waals surface area contributed by atoms with E-state index in [0.29, 0.717) is 24.6 Å². The molecule has 1 aliphatic carbocycles. The number of rotatable bonds is 4. The molecular weight excluding hydrogens is 380 g/mol. The third kappa shape index (κ3) is 3.65. The Labute approximate surface area is 177 Å². The van der Waals surface area contributed by atoms with Gasteiger partial charge >= 0.3 is 0 Å². The van der Waals surface area contributed by atoms with Gasteiger partial charge in [0.25, 0.3) is 5.91 Å². The van der Waals surface area contributed by atoms with Crippen molar-refractivity contribution in [1.29, 1.82) is 0 Å². The fraction of sp³-hybridized carbons (Fsp3) is 0.609. The van der Waals surface area contributed by atoms with E-state index in [4.69, 9.17) is 0 Å². The highest BCUT2D eigenvalue weighted by molar-refractivity contribution is 6.05. The number of imide groups is 1. The van der Waals surface area contributed by atoms with Crippen LogP contribution < -0.4 is 16.0 Å². The summed E-state index contributed by atoms with van der Waals surface area (Å²) in [7, 11) is 0. The second-order valence-electron chi connectivity index (χ2n) is 9.25. The first-order valence-electron chi connectivity index (χ1n) is 11.3. The van der Waals surface area contributed by atoms with E-state index in [9.17, 15) is 14.4 Å². The highest BCUT2D eigenvalue weighted by atomic mass is 16.2. The summed E-state index contributed by atoms with van der Waals surface area (Å²) in [6, 6.07) is 5.83. The van der Waals surface area contributed by atoms with Gasteiger partial charge in [0.1, 0.15) is 6.04 Å². The number of fused-ring (bicyclic) bond motifs is 2. The zero-order valence-electron chi connectivity index (χ0n) is 17.3. The Morgan fingerprint density at radius 2 is 1.97 bits per heavy atom. The van der Waals surface area contributed by atoms with Crippen LogP contribution in [-0.2, 0) is 22.7 Å². The number of hydrogen-bond donors (Lipinski definition) is 3. The van der Waals surface area contributed by atoms with Gasteiger partial charge in [0.2, 0.25) is 11.8 Å². The fourth-order valence-electron chi connectivity index (χ4n) is 5.79. The number of piperidine rings is 2. The van der Waals surface area contributed by atoms with Gasteiger partial charge in [0, 0.05) is 31.1 Å². The number of amides is 3. The molecule has 30 heavy (non-hydrogen) atoms. The minimum atomic E-state index is -0.558. The van der Waals surface area contributed by atoms with Crippen molar-refractivity contribution in [2.24, 2.45) is 11.8 Å². The Kier molecular flexibility index (Phi) is 5.33. The van der Waals surface area contributed by atoms with Crippen molar-refractivity contribution in [2.45, 2.75) is 63.7 Å². The van der Waals surface area contributed by atoms with Gasteiger partial charge in [-0.05, 0) is 74.2 Å². The second-order valence-corrected chi connectivity index (χ2v) is 9.25. The zero-order valence-corrected chi connectivity index (χ0v) is 17.3. The molecule has 1 aromatic carbocycles. The monoisotopic (exact) mass is 410 g/mol. The van der Waals surface area contributed by atoms with E-state index < -0.39 is 6.04 Å². The maximum Gasteiger partial charge on any atom is 0.255 e. The van der Waals surface area contributed by atoms with Crippen LogP contribution in [-0.4, -0.2) is 47.8 Å². The summed E-state index contributed by atoms with van der Waals surface area (Å²) in [5.41, 5.74) is 2.85. The predicted octanol–water partition coefficient (Wildman–Crippen LogP) is 1.32. The molecule has 1 aromatic rings. The lowest BCUT2D eigenvalue weighted by molar-refractivity contribution is -0.136. The molecule has 3 aliphatic heterocycles. The molecule has 3 heterocycles. The normalized spacial score (nSPS) is 31.3. The van der Waals surface area contributed by atoms with E-state index in [-0.39, 0.29) is 24.1 Å². The van der Waals surface area contributed by atoms with Crippen molar-refractivity contribution in [1.82, 2.24) is 20.9 Å². The number of hydrogen-bond acceptors (Lipinski definition) is 5. The van der Waals surface area contributed by atoms with Crippen LogP contribution in [0.3, 0.4) is 0 Å². The van der Waals surface area contributed by atoms with E-state index >= 15 is 0 Å². The molecule has 7 heteroatoms. The average Bonchev–Trinajstić information content (AvgIpc) is 3.09. The highest BCUT2D eigenvalue weighted by Crippen LogP contribution is 2.34. The molecule has 1 saturated carbocycles. The summed E-state index contributed by atoms with van der Waals surface area (Å²) in [4.78, 5) is 38.3. The van der Waals surface area contributed by atoms with E-state index in [2.05, 4.69) is 22.0 Å². The molecule has 4 aliphatic rings. The van der Waals surface area contributed by atoms with Crippen molar-refractivity contribution < 1.29 is 14.4 Å². The first-order chi connectivity index (χ1) is 14.6. The zero-order chi connectivity index (χ0) is 20.7. The first-order valence-corrected chi connectivity index (χ1v) is 11.3. The number of carbonyl (C=O) groups is 3. The molecule has 4 unspecified atom stereocenters. The maximum absolute atomic E-state index is 13.0. The minimum Gasteiger partial charge on any atom is -0.322 e. The quantitative estimate of drug-likeness (QED) is 0.652. The highest BCUT2D eigenvalue weighted by Gasteiger charge is 2.40. The van der Waals surface area contributed by atoms with E-state index in [1.165, 1.54) is 25.7 Å². The smallest absolute Gasteiger partial charge is 0.255 e. The number of carbonyl (C=O) groups excluding carboxylic acids is 3. The summed E-state index contributed by atoms with van der Waals surface area (Å²) < 4.78 is 0. The molecule has 2 saturated heterocycles. The van der Waals surface area contributed by atoms with Crippen LogP contribution in [0.5, 0.6) is 0 Å². The molecule has 7 nitrogen and oxygen atoms in total. The fourth-order valence-corrected chi connectivity index (χ4v) is 5.79. The van der Waals surface area contributed by atoms with Crippen molar-refractivity contribution in [3.63, 3.8) is 0 Å². The molecule has 0 radical (unpaired) electrons. The summed E-state index contributed by atoms with van der Waals surface area (Å²) in [6.45, 7) is 3.48. The van der Waals surface area contributed by atoms with Crippen LogP contribution in [0.15, 0.2) is 18.2 Å². The summed E-state index contributed by atoms with van der Waals surface area (Å²) in [5.74, 6) is 0.939. The van der Waals surface area contributed by atoms with Crippen molar-refractivity contribution >= 4 is 17.7 Å². The first kappa shape index (κ1) is 19.7. The van der Waals surface area contributed by atoms with Crippen molar-refractivity contribution in [3.05, 3.63) is 34.9 Å². The van der Waals surface area contributed by atoms with Gasteiger partial charge in [0.15, 0.2) is 0 Å². The SMILES string of the molecule is O=C1CCC(N2Cc3c(CNC4CCC5CCNCC5C4)cccc3C2=O)C(=O)N1. The van der Waals surface area contributed by atoms with Crippen LogP contribution in [0.25, 0.3) is 0 Å². The van der Waals surface area contributed by atoms with E-state index in [1.807, 2.05) is 12.1 Å². The van der Waals surface area contributed by atoms with Crippen molar-refractivity contribution in [3.8, 4) is 0 Å². The van der Waals surface area contributed by atoms with Gasteiger partial charge in [-0.25, -0.2) is 0 Å². The summed E-state index contributed by atoms with van der Waals surface area (Å²) >= 11 is 0. The molecule has 3 fully saturated rings. The maximum atomic E-state index is 13.0. The van der Waals surface area contributed by atoms with Gasteiger partial charge in [-0.2, -0.15) is 0 Å². The molecule has 0 bridgehead atoms. The molecule has 4 atom stereocenters. The Morgan fingerprint density at radius 1 is 1.07 bits per heavy atom. The Bertz CT molecular complexity index is 870. The third-order valence-corrected chi connectivity index (χ3v) is 7.50. The van der Waals surface area contributed by atoms with Gasteiger partial charge in [0.05, 0.1) is 0 Å². The van der Waals surface area contributed by atoms with Gasteiger partial charge in [-0.15, -0.1) is 0 Å². The Hall–Kier alpha value is -2.25. The lowest BCUT2D eigenvalue weighted by Crippen LogP contribution is -2.52. The van der Waals surface area contributed by atoms with E-state index in [1.54, 1.807) is 4.90 Å². The van der Waals surface area contributed by atoms with Crippen molar-refractivity contribution in [2.75, 3.05) is 13.1 Å². The molecule has 3 N–H and O–H groups in total. The Morgan fingerprint density at radius 3 is 2.83 bits per heavy atom. The standard InChI is InChI=1S/C23H30N4O3/c28-21-7-6-20(22(29)26-21)27-13-19-15(2-1-3-18(19)23(27)30)12-25-17-5-4-14-8-9-24-11-16(14)10-17/h1-3,14,16-17,20,24-25H,4-13H2,(H,26,28,29).